The average molecular weight is 203 g/mol. The predicted molar refractivity (Wildman–Crippen MR) is 64.8 cm³/mol. The second-order valence-corrected chi connectivity index (χ2v) is 5.51. The van der Waals surface area contributed by atoms with E-state index < -0.39 is 0 Å². The lowest BCUT2D eigenvalue weighted by Gasteiger charge is -2.38. The zero-order chi connectivity index (χ0) is 11.1. The Bertz CT molecular complexity index is 336. The van der Waals surface area contributed by atoms with Crippen molar-refractivity contribution in [3.63, 3.8) is 0 Å². The molecule has 0 amide bonds. The highest BCUT2D eigenvalue weighted by Crippen LogP contribution is 2.54. The molecular formula is C14H21N. The summed E-state index contributed by atoms with van der Waals surface area (Å²) in [6.07, 6.45) is 2.36. The van der Waals surface area contributed by atoms with Crippen LogP contribution in [0.1, 0.15) is 45.1 Å². The standard InChI is InChI=1S/C14H21N/c1-11(12-7-5-4-6-8-12)13(2,3)14(15)9-10-14/h4-8,11H,9-10,15H2,1-3H3. The van der Waals surface area contributed by atoms with E-state index in [-0.39, 0.29) is 11.0 Å². The number of hydrogen-bond acceptors (Lipinski definition) is 1. The fraction of sp³-hybridized carbons (Fsp3) is 0.571. The van der Waals surface area contributed by atoms with Crippen LogP contribution in [0.4, 0.5) is 0 Å². The molecule has 0 radical (unpaired) electrons. The molecule has 0 aromatic heterocycles. The van der Waals surface area contributed by atoms with Gasteiger partial charge in [0.05, 0.1) is 0 Å². The van der Waals surface area contributed by atoms with Gasteiger partial charge in [0.15, 0.2) is 0 Å². The summed E-state index contributed by atoms with van der Waals surface area (Å²) in [5, 5.41) is 0. The Balaban J connectivity index is 2.24. The summed E-state index contributed by atoms with van der Waals surface area (Å²) in [4.78, 5) is 0. The molecule has 15 heavy (non-hydrogen) atoms. The Morgan fingerprint density at radius 1 is 1.20 bits per heavy atom. The third kappa shape index (κ3) is 1.69. The molecule has 0 aliphatic heterocycles. The monoisotopic (exact) mass is 203 g/mol. The van der Waals surface area contributed by atoms with Gasteiger partial charge in [0.2, 0.25) is 0 Å². The van der Waals surface area contributed by atoms with Crippen LogP contribution in [-0.2, 0) is 0 Å². The summed E-state index contributed by atoms with van der Waals surface area (Å²) >= 11 is 0. The van der Waals surface area contributed by atoms with Gasteiger partial charge < -0.3 is 5.73 Å². The second kappa shape index (κ2) is 3.34. The van der Waals surface area contributed by atoms with Crippen molar-refractivity contribution in [2.45, 2.75) is 45.1 Å². The minimum absolute atomic E-state index is 0.0717. The molecule has 2 rings (SSSR count). The van der Waals surface area contributed by atoms with E-state index in [2.05, 4.69) is 51.1 Å². The molecule has 1 saturated carbocycles. The first-order valence-corrected chi connectivity index (χ1v) is 5.81. The quantitative estimate of drug-likeness (QED) is 0.801. The summed E-state index contributed by atoms with van der Waals surface area (Å²) in [6, 6.07) is 10.7. The van der Waals surface area contributed by atoms with Crippen LogP contribution in [-0.4, -0.2) is 5.54 Å². The van der Waals surface area contributed by atoms with Gasteiger partial charge in [-0.2, -0.15) is 0 Å². The number of nitrogens with two attached hydrogens (primary N) is 1. The lowest BCUT2D eigenvalue weighted by molar-refractivity contribution is 0.218. The van der Waals surface area contributed by atoms with Gasteiger partial charge in [-0.1, -0.05) is 51.1 Å². The Kier molecular flexibility index (Phi) is 2.38. The van der Waals surface area contributed by atoms with Gasteiger partial charge in [-0.25, -0.2) is 0 Å². The van der Waals surface area contributed by atoms with Crippen LogP contribution in [0.15, 0.2) is 30.3 Å². The van der Waals surface area contributed by atoms with Crippen LogP contribution in [0.5, 0.6) is 0 Å². The Morgan fingerprint density at radius 3 is 2.20 bits per heavy atom. The molecule has 1 aliphatic carbocycles. The molecule has 1 atom stereocenters. The van der Waals surface area contributed by atoms with E-state index in [1.807, 2.05) is 0 Å². The topological polar surface area (TPSA) is 26.0 Å². The maximum atomic E-state index is 6.36. The highest BCUT2D eigenvalue weighted by Gasteiger charge is 2.53. The first-order valence-electron chi connectivity index (χ1n) is 5.81. The van der Waals surface area contributed by atoms with E-state index in [1.54, 1.807) is 0 Å². The Labute approximate surface area is 92.7 Å². The molecule has 1 nitrogen and oxygen atoms in total. The number of benzene rings is 1. The van der Waals surface area contributed by atoms with Crippen molar-refractivity contribution in [2.24, 2.45) is 11.1 Å². The van der Waals surface area contributed by atoms with Gasteiger partial charge in [-0.05, 0) is 29.7 Å². The molecule has 1 unspecified atom stereocenters. The van der Waals surface area contributed by atoms with Crippen LogP contribution in [0.3, 0.4) is 0 Å². The maximum Gasteiger partial charge on any atom is 0.0213 e. The number of rotatable bonds is 3. The first kappa shape index (κ1) is 10.7. The predicted octanol–water partition coefficient (Wildman–Crippen LogP) is 3.31. The van der Waals surface area contributed by atoms with Gasteiger partial charge in [0.25, 0.3) is 0 Å². The normalized spacial score (nSPS) is 21.1. The molecule has 1 fully saturated rings. The van der Waals surface area contributed by atoms with E-state index in [4.69, 9.17) is 5.73 Å². The number of hydrogen-bond donors (Lipinski definition) is 1. The molecule has 1 aromatic rings. The third-order valence-corrected chi connectivity index (χ3v) is 4.45. The lowest BCUT2D eigenvalue weighted by atomic mass is 9.69. The fourth-order valence-electron chi connectivity index (χ4n) is 2.37. The molecule has 0 bridgehead atoms. The average Bonchev–Trinajstić information content (AvgIpc) is 2.98. The van der Waals surface area contributed by atoms with E-state index in [1.165, 1.54) is 18.4 Å². The zero-order valence-corrected chi connectivity index (χ0v) is 9.96. The zero-order valence-electron chi connectivity index (χ0n) is 9.96. The summed E-state index contributed by atoms with van der Waals surface area (Å²) in [7, 11) is 0. The smallest absolute Gasteiger partial charge is 0.0213 e. The molecule has 82 valence electrons. The highest BCUT2D eigenvalue weighted by atomic mass is 14.9. The van der Waals surface area contributed by atoms with Crippen molar-refractivity contribution in [1.82, 2.24) is 0 Å². The highest BCUT2D eigenvalue weighted by molar-refractivity contribution is 5.25. The molecular weight excluding hydrogens is 182 g/mol. The van der Waals surface area contributed by atoms with Crippen molar-refractivity contribution in [2.75, 3.05) is 0 Å². The Morgan fingerprint density at radius 2 is 1.73 bits per heavy atom. The van der Waals surface area contributed by atoms with Crippen molar-refractivity contribution >= 4 is 0 Å². The SMILES string of the molecule is CC(c1ccccc1)C(C)(C)C1(N)CC1. The summed E-state index contributed by atoms with van der Waals surface area (Å²) in [5.41, 5.74) is 8.03. The van der Waals surface area contributed by atoms with Gasteiger partial charge in [-0.3, -0.25) is 0 Å². The minimum atomic E-state index is 0.0717. The van der Waals surface area contributed by atoms with Crippen LogP contribution in [0, 0.1) is 5.41 Å². The molecule has 2 N–H and O–H groups in total. The van der Waals surface area contributed by atoms with E-state index >= 15 is 0 Å². The first-order chi connectivity index (χ1) is 6.97. The van der Waals surface area contributed by atoms with Crippen LogP contribution < -0.4 is 5.73 Å². The van der Waals surface area contributed by atoms with Crippen molar-refractivity contribution < 1.29 is 0 Å². The molecule has 1 heteroatoms. The maximum absolute atomic E-state index is 6.36. The van der Waals surface area contributed by atoms with Crippen molar-refractivity contribution in [1.29, 1.82) is 0 Å². The summed E-state index contributed by atoms with van der Waals surface area (Å²) in [6.45, 7) is 6.90. The van der Waals surface area contributed by atoms with E-state index in [0.29, 0.717) is 5.92 Å². The molecule has 0 saturated heterocycles. The molecule has 0 heterocycles. The molecule has 0 spiro atoms. The van der Waals surface area contributed by atoms with Crippen molar-refractivity contribution in [3.05, 3.63) is 35.9 Å². The van der Waals surface area contributed by atoms with E-state index in [9.17, 15) is 0 Å². The molecule has 1 aromatic carbocycles. The third-order valence-electron chi connectivity index (χ3n) is 4.45. The van der Waals surface area contributed by atoms with Crippen molar-refractivity contribution in [3.8, 4) is 0 Å². The summed E-state index contributed by atoms with van der Waals surface area (Å²) in [5.74, 6) is 0.520. The Hall–Kier alpha value is -0.820. The fourth-order valence-corrected chi connectivity index (χ4v) is 2.37. The van der Waals surface area contributed by atoms with Gasteiger partial charge in [-0.15, -0.1) is 0 Å². The van der Waals surface area contributed by atoms with Gasteiger partial charge in [0, 0.05) is 5.54 Å². The van der Waals surface area contributed by atoms with Gasteiger partial charge in [0.1, 0.15) is 0 Å². The summed E-state index contributed by atoms with van der Waals surface area (Å²) < 4.78 is 0. The van der Waals surface area contributed by atoms with Crippen LogP contribution >= 0.6 is 0 Å². The van der Waals surface area contributed by atoms with E-state index in [0.717, 1.165) is 0 Å². The largest absolute Gasteiger partial charge is 0.325 e. The second-order valence-electron chi connectivity index (χ2n) is 5.51. The van der Waals surface area contributed by atoms with Crippen LogP contribution in [0.25, 0.3) is 0 Å². The van der Waals surface area contributed by atoms with Crippen LogP contribution in [0.2, 0.25) is 0 Å². The lowest BCUT2D eigenvalue weighted by Crippen LogP contribution is -2.43. The van der Waals surface area contributed by atoms with Gasteiger partial charge >= 0.3 is 0 Å². The minimum Gasteiger partial charge on any atom is -0.325 e. The molecule has 1 aliphatic rings.